The minimum atomic E-state index is -0.389. The summed E-state index contributed by atoms with van der Waals surface area (Å²) in [6.07, 6.45) is 3.61. The molecule has 0 atom stereocenters. The predicted octanol–water partition coefficient (Wildman–Crippen LogP) is 1.73. The number of hydrogen-bond acceptors (Lipinski definition) is 4. The van der Waals surface area contributed by atoms with Crippen LogP contribution in [0, 0.1) is 0 Å². The number of hydrogen-bond donors (Lipinski definition) is 1. The molecule has 0 saturated carbocycles. The fraction of sp³-hybridized carbons (Fsp3) is 0.444. The van der Waals surface area contributed by atoms with Gasteiger partial charge in [-0.1, -0.05) is 6.92 Å². The van der Waals surface area contributed by atoms with E-state index in [-0.39, 0.29) is 11.6 Å². The first-order valence-corrected chi connectivity index (χ1v) is 4.50. The fourth-order valence-corrected chi connectivity index (χ4v) is 0.941. The highest BCUT2D eigenvalue weighted by Gasteiger charge is 2.14. The van der Waals surface area contributed by atoms with Crippen LogP contribution >= 0.6 is 0 Å². The first kappa shape index (κ1) is 10.4. The molecule has 0 aromatic carbocycles. The molecule has 1 aromatic heterocycles. The van der Waals surface area contributed by atoms with Crippen molar-refractivity contribution in [3.63, 3.8) is 0 Å². The highest BCUT2D eigenvalue weighted by Crippen LogP contribution is 2.14. The lowest BCUT2D eigenvalue weighted by Gasteiger charge is -1.99. The third kappa shape index (κ3) is 2.42. The van der Waals surface area contributed by atoms with E-state index in [2.05, 4.69) is 15.3 Å². The predicted molar refractivity (Wildman–Crippen MR) is 53.8 cm³/mol. The molecule has 1 N–H and O–H groups in total. The lowest BCUT2D eigenvalue weighted by Crippen LogP contribution is -2.05. The van der Waals surface area contributed by atoms with Crippen molar-refractivity contribution < 1.29 is 9.21 Å². The van der Waals surface area contributed by atoms with E-state index in [1.165, 1.54) is 12.6 Å². The zero-order valence-corrected chi connectivity index (χ0v) is 8.28. The highest BCUT2D eigenvalue weighted by molar-refractivity contribution is 6.00. The molecule has 1 aromatic rings. The molecule has 0 bridgehead atoms. The zero-order valence-electron chi connectivity index (χ0n) is 8.28. The molecule has 0 aliphatic heterocycles. The summed E-state index contributed by atoms with van der Waals surface area (Å²) in [7, 11) is 0. The van der Waals surface area contributed by atoms with Gasteiger partial charge < -0.3 is 9.73 Å². The molecule has 0 unspecified atom stereocenters. The second kappa shape index (κ2) is 5.16. The number of carbonyl (C=O) groups is 1. The van der Waals surface area contributed by atoms with E-state index in [4.69, 9.17) is 4.42 Å². The van der Waals surface area contributed by atoms with Gasteiger partial charge in [0.2, 0.25) is 5.88 Å². The van der Waals surface area contributed by atoms with Gasteiger partial charge in [0.25, 0.3) is 0 Å². The van der Waals surface area contributed by atoms with Gasteiger partial charge in [0.15, 0.2) is 12.1 Å². The molecule has 0 spiro atoms. The molecule has 0 radical (unpaired) electrons. The lowest BCUT2D eigenvalue weighted by atomic mass is 10.4. The van der Waals surface area contributed by atoms with E-state index in [1.54, 1.807) is 6.92 Å². The number of nitrogens with zero attached hydrogens (tertiary/aromatic N) is 2. The van der Waals surface area contributed by atoms with Crippen molar-refractivity contribution in [2.75, 3.05) is 11.9 Å². The Hall–Kier alpha value is -1.65. The first-order chi connectivity index (χ1) is 6.79. The quantitative estimate of drug-likeness (QED) is 0.743. The molecular weight excluding hydrogens is 182 g/mol. The maximum atomic E-state index is 11.3. The van der Waals surface area contributed by atoms with Gasteiger partial charge in [-0.05, 0) is 13.3 Å². The van der Waals surface area contributed by atoms with Crippen molar-refractivity contribution in [3.05, 3.63) is 12.1 Å². The summed E-state index contributed by atoms with van der Waals surface area (Å²) in [6.45, 7) is 4.44. The molecule has 14 heavy (non-hydrogen) atoms. The Bertz CT molecular complexity index is 331. The first-order valence-electron chi connectivity index (χ1n) is 4.50. The number of nitrogens with one attached hydrogen (secondary N) is 1. The second-order valence-electron chi connectivity index (χ2n) is 2.65. The molecule has 1 heterocycles. The molecule has 5 heteroatoms. The van der Waals surface area contributed by atoms with Crippen molar-refractivity contribution >= 4 is 18.0 Å². The van der Waals surface area contributed by atoms with E-state index < -0.39 is 0 Å². The van der Waals surface area contributed by atoms with Crippen molar-refractivity contribution in [2.45, 2.75) is 20.3 Å². The second-order valence-corrected chi connectivity index (χ2v) is 2.65. The van der Waals surface area contributed by atoms with Crippen molar-refractivity contribution in [1.82, 2.24) is 4.98 Å². The van der Waals surface area contributed by atoms with Crippen LogP contribution in [0.5, 0.6) is 0 Å². The fourth-order valence-electron chi connectivity index (χ4n) is 0.941. The van der Waals surface area contributed by atoms with Gasteiger partial charge in [-0.15, -0.1) is 0 Å². The molecule has 0 fully saturated rings. The molecule has 0 aliphatic rings. The Morgan fingerprint density at radius 1 is 1.79 bits per heavy atom. The maximum absolute atomic E-state index is 11.3. The minimum Gasteiger partial charge on any atom is -0.427 e. The molecule has 1 amide bonds. The number of oxazole rings is 1. The van der Waals surface area contributed by atoms with Gasteiger partial charge >= 0.3 is 5.91 Å². The summed E-state index contributed by atoms with van der Waals surface area (Å²) in [5.41, 5.74) is 0.233. The third-order valence-corrected chi connectivity index (χ3v) is 1.55. The van der Waals surface area contributed by atoms with E-state index in [1.807, 2.05) is 6.92 Å². The lowest BCUT2D eigenvalue weighted by molar-refractivity contribution is 0.0999. The monoisotopic (exact) mass is 195 g/mol. The number of aliphatic imine (C=N–C) groups is 1. The third-order valence-electron chi connectivity index (χ3n) is 1.55. The van der Waals surface area contributed by atoms with Gasteiger partial charge in [0.05, 0.1) is 0 Å². The summed E-state index contributed by atoms with van der Waals surface area (Å²) >= 11 is 0. The normalized spacial score (nSPS) is 10.7. The van der Waals surface area contributed by atoms with Crippen LogP contribution in [0.3, 0.4) is 0 Å². The van der Waals surface area contributed by atoms with Crippen LogP contribution in [0.1, 0.15) is 30.8 Å². The number of amides is 1. The van der Waals surface area contributed by atoms with Gasteiger partial charge in [0, 0.05) is 12.8 Å². The van der Waals surface area contributed by atoms with Crippen LogP contribution in [0.15, 0.2) is 15.8 Å². The maximum Gasteiger partial charge on any atom is 0.300 e. The smallest absolute Gasteiger partial charge is 0.300 e. The standard InChI is InChI=1S/C9H13N3O2/c1-3-5-11-9-7(12-6-14-9)8(13)10-4-2/h4,6,11H,3,5H2,1-2H3/b10-4-. The van der Waals surface area contributed by atoms with E-state index in [9.17, 15) is 4.79 Å². The number of carbonyl (C=O) groups excluding carboxylic acids is 1. The summed E-state index contributed by atoms with van der Waals surface area (Å²) in [6, 6.07) is 0. The molecule has 0 saturated heterocycles. The summed E-state index contributed by atoms with van der Waals surface area (Å²) < 4.78 is 5.02. The number of anilines is 1. The Morgan fingerprint density at radius 2 is 2.57 bits per heavy atom. The summed E-state index contributed by atoms with van der Waals surface area (Å²) in [4.78, 5) is 18.7. The van der Waals surface area contributed by atoms with Crippen LogP contribution in [0.4, 0.5) is 5.88 Å². The van der Waals surface area contributed by atoms with Crippen LogP contribution in [-0.4, -0.2) is 23.7 Å². The summed E-state index contributed by atoms with van der Waals surface area (Å²) in [5, 5.41) is 2.96. The number of rotatable bonds is 4. The van der Waals surface area contributed by atoms with Crippen LogP contribution in [0.25, 0.3) is 0 Å². The highest BCUT2D eigenvalue weighted by atomic mass is 16.4. The average molecular weight is 195 g/mol. The van der Waals surface area contributed by atoms with E-state index in [0.29, 0.717) is 5.88 Å². The van der Waals surface area contributed by atoms with Gasteiger partial charge in [0.1, 0.15) is 0 Å². The molecule has 1 rings (SSSR count). The van der Waals surface area contributed by atoms with Crippen molar-refractivity contribution in [2.24, 2.45) is 4.99 Å². The Balaban J connectivity index is 2.76. The zero-order chi connectivity index (χ0) is 10.4. The van der Waals surface area contributed by atoms with Crippen LogP contribution in [0.2, 0.25) is 0 Å². The Labute approximate surface area is 82.2 Å². The topological polar surface area (TPSA) is 67.5 Å². The molecule has 76 valence electrons. The largest absolute Gasteiger partial charge is 0.427 e. The molecular formula is C9H13N3O2. The molecule has 5 nitrogen and oxygen atoms in total. The minimum absolute atomic E-state index is 0.233. The van der Waals surface area contributed by atoms with Crippen molar-refractivity contribution in [3.8, 4) is 0 Å². The Kier molecular flexibility index (Phi) is 3.84. The van der Waals surface area contributed by atoms with Gasteiger partial charge in [-0.25, -0.2) is 9.98 Å². The average Bonchev–Trinajstić information content (AvgIpc) is 2.63. The van der Waals surface area contributed by atoms with E-state index in [0.717, 1.165) is 13.0 Å². The van der Waals surface area contributed by atoms with Crippen LogP contribution < -0.4 is 5.32 Å². The van der Waals surface area contributed by atoms with Crippen molar-refractivity contribution in [1.29, 1.82) is 0 Å². The van der Waals surface area contributed by atoms with Gasteiger partial charge in [-0.2, -0.15) is 0 Å². The van der Waals surface area contributed by atoms with Gasteiger partial charge in [-0.3, -0.25) is 4.79 Å². The summed E-state index contributed by atoms with van der Waals surface area (Å²) in [5.74, 6) is 0.00213. The Morgan fingerprint density at radius 3 is 3.21 bits per heavy atom. The van der Waals surface area contributed by atoms with E-state index >= 15 is 0 Å². The SMILES string of the molecule is C/C=N\C(=O)c1ncoc1NCCC. The molecule has 0 aliphatic carbocycles. The number of aromatic nitrogens is 1. The van der Waals surface area contributed by atoms with Crippen LogP contribution in [-0.2, 0) is 0 Å².